The van der Waals surface area contributed by atoms with Gasteiger partial charge in [-0.15, -0.1) is 0 Å². The van der Waals surface area contributed by atoms with E-state index in [4.69, 9.17) is 10.5 Å². The lowest BCUT2D eigenvalue weighted by Crippen LogP contribution is -3.00. The zero-order valence-corrected chi connectivity index (χ0v) is 20.4. The van der Waals surface area contributed by atoms with Crippen LogP contribution in [0, 0.1) is 0 Å². The monoisotopic (exact) mass is 420 g/mol. The minimum Gasteiger partial charge on any atom is -1.00 e. The van der Waals surface area contributed by atoms with Gasteiger partial charge >= 0.3 is 0 Å². The summed E-state index contributed by atoms with van der Waals surface area (Å²) < 4.78 is 6.36. The van der Waals surface area contributed by atoms with Crippen molar-refractivity contribution in [3.8, 4) is 0 Å². The lowest BCUT2D eigenvalue weighted by molar-refractivity contribution is -0.929. The zero-order valence-electron chi connectivity index (χ0n) is 20.4. The van der Waals surface area contributed by atoms with Gasteiger partial charge in [0.1, 0.15) is 0 Å². The molecule has 1 fully saturated rings. The van der Waals surface area contributed by atoms with E-state index in [1.165, 1.54) is 94.9 Å². The van der Waals surface area contributed by atoms with Gasteiger partial charge in [0.2, 0.25) is 5.91 Å². The summed E-state index contributed by atoms with van der Waals surface area (Å²) in [5.41, 5.74) is 4.76. The van der Waals surface area contributed by atoms with E-state index >= 15 is 0 Å². The molecule has 1 saturated heterocycles. The smallest absolute Gasteiger partial charge is 0.217 e. The van der Waals surface area contributed by atoms with E-state index < -0.39 is 0 Å². The number of nitrogens with zero attached hydrogens (tertiary/aromatic N) is 1. The van der Waals surface area contributed by atoms with Crippen molar-refractivity contribution in [1.82, 2.24) is 0 Å². The number of quaternary nitrogens is 1. The summed E-state index contributed by atoms with van der Waals surface area (Å²) in [6, 6.07) is 0. The van der Waals surface area contributed by atoms with Crippen molar-refractivity contribution in [1.29, 1.82) is 0 Å². The molecule has 0 spiro atoms. The molecule has 0 aromatic rings. The van der Waals surface area contributed by atoms with Crippen molar-refractivity contribution < 1.29 is 18.7 Å². The van der Waals surface area contributed by atoms with Gasteiger partial charge in [-0.05, 0) is 44.9 Å². The van der Waals surface area contributed by atoms with E-state index in [1.54, 1.807) is 0 Å². The van der Waals surface area contributed by atoms with Crippen LogP contribution in [0.5, 0.6) is 0 Å². The molecule has 4 nitrogen and oxygen atoms in total. The third-order valence-corrected chi connectivity index (χ3v) is 5.27. The normalized spacial score (nSPS) is 12.9. The van der Waals surface area contributed by atoms with Gasteiger partial charge in [-0.1, -0.05) is 60.3 Å². The predicted octanol–water partition coefficient (Wildman–Crippen LogP) is 3.08. The maximum Gasteiger partial charge on any atom is 0.217 e. The van der Waals surface area contributed by atoms with Crippen molar-refractivity contribution in [2.24, 2.45) is 5.73 Å². The zero-order chi connectivity index (χ0) is 21.5. The number of amides is 1. The third kappa shape index (κ3) is 23.5. The first-order chi connectivity index (χ1) is 13.5. The second-order valence-electron chi connectivity index (χ2n) is 8.19. The molecule has 0 unspecified atom stereocenters. The van der Waals surface area contributed by atoms with Gasteiger partial charge in [-0.3, -0.25) is 4.79 Å². The van der Waals surface area contributed by atoms with Crippen molar-refractivity contribution in [3.05, 3.63) is 0 Å². The number of carbonyl (C=O) groups excluding carboxylic acids is 1. The first kappa shape index (κ1) is 33.0. The van der Waals surface area contributed by atoms with Crippen molar-refractivity contribution >= 4 is 5.91 Å². The second-order valence-corrected chi connectivity index (χ2v) is 8.19. The predicted molar refractivity (Wildman–Crippen MR) is 124 cm³/mol. The molecule has 29 heavy (non-hydrogen) atoms. The molecule has 1 heterocycles. The van der Waals surface area contributed by atoms with E-state index in [-0.39, 0.29) is 10.6 Å². The highest BCUT2D eigenvalue weighted by Crippen LogP contribution is 2.16. The molecule has 1 rings (SSSR count). The first-order valence-corrected chi connectivity index (χ1v) is 12.2. The van der Waals surface area contributed by atoms with Crippen molar-refractivity contribution in [3.63, 3.8) is 0 Å². The molecule has 0 saturated carbocycles. The number of ether oxygens (including phenoxy) is 1. The molecule has 0 bridgehead atoms. The van der Waals surface area contributed by atoms with E-state index in [0.717, 1.165) is 19.6 Å². The molecule has 178 valence electrons. The topological polar surface area (TPSA) is 52.3 Å². The van der Waals surface area contributed by atoms with Crippen LogP contribution < -0.4 is 10.4 Å². The van der Waals surface area contributed by atoms with Crippen LogP contribution in [0.1, 0.15) is 112 Å². The Morgan fingerprint density at radius 3 is 1.21 bits per heavy atom. The Bertz CT molecular complexity index is 279. The second kappa shape index (κ2) is 25.4. The Kier molecular flexibility index (Phi) is 28.8. The van der Waals surface area contributed by atoms with E-state index in [1.807, 2.05) is 6.92 Å². The van der Waals surface area contributed by atoms with Gasteiger partial charge < -0.3 is 19.7 Å². The van der Waals surface area contributed by atoms with Crippen molar-refractivity contribution in [2.75, 3.05) is 39.4 Å². The van der Waals surface area contributed by atoms with E-state index in [9.17, 15) is 4.79 Å². The van der Waals surface area contributed by atoms with Gasteiger partial charge in [-0.2, -0.15) is 0 Å². The fourth-order valence-corrected chi connectivity index (χ4v) is 3.40. The van der Waals surface area contributed by atoms with Crippen molar-refractivity contribution in [2.45, 2.75) is 112 Å². The van der Waals surface area contributed by atoms with Gasteiger partial charge in [-0.25, -0.2) is 0 Å². The summed E-state index contributed by atoms with van der Waals surface area (Å²) in [4.78, 5) is 9.82. The Labute approximate surface area is 181 Å². The molecule has 0 aromatic carbocycles. The van der Waals surface area contributed by atoms with Crippen LogP contribution >= 0.6 is 0 Å². The Morgan fingerprint density at radius 2 is 1.07 bits per heavy atom. The molecule has 2 N–H and O–H groups in total. The lowest BCUT2D eigenvalue weighted by atomic mass is 10.1. The molecule has 5 heteroatoms. The number of rotatable bonds is 14. The quantitative estimate of drug-likeness (QED) is 0.439. The Balaban J connectivity index is -0.000000457. The number of nitrogens with two attached hydrogens (primary N) is 1. The maximum absolute atomic E-state index is 9.82. The number of carbonyl (C=O) groups is 1. The average molecular weight is 421 g/mol. The summed E-state index contributed by atoms with van der Waals surface area (Å²) in [6.07, 6.45) is 15.0. The molecule has 0 aliphatic carbocycles. The standard InChI is InChI=1S/C16H36N.C4H9NO.C4H8O.FH/c1-5-9-13-17(14-10-6-2,15-11-7-3)16-12-8-4;1-2-3-4(5)6;1-2-4-5-3-1;/h5-16H2,1-4H3;2-3H2,1H3,(H2,5,6);1-4H2;1H/q+1;;;/p-1. The summed E-state index contributed by atoms with van der Waals surface area (Å²) in [5, 5.41) is 0. The average Bonchev–Trinajstić information content (AvgIpc) is 3.27. The van der Waals surface area contributed by atoms with Gasteiger partial charge in [0.25, 0.3) is 0 Å². The third-order valence-electron chi connectivity index (χ3n) is 5.27. The highest BCUT2D eigenvalue weighted by Gasteiger charge is 2.24. The van der Waals surface area contributed by atoms with E-state index in [0.29, 0.717) is 6.42 Å². The van der Waals surface area contributed by atoms with Gasteiger partial charge in [0, 0.05) is 19.6 Å². The molecular formula is C24H53FN2O2. The van der Waals surface area contributed by atoms with Crippen LogP contribution in [-0.2, 0) is 9.53 Å². The summed E-state index contributed by atoms with van der Waals surface area (Å²) in [6.45, 7) is 18.9. The minimum atomic E-state index is -0.211. The number of unbranched alkanes of at least 4 members (excludes halogenated alkanes) is 4. The summed E-state index contributed by atoms with van der Waals surface area (Å²) >= 11 is 0. The fourth-order valence-electron chi connectivity index (χ4n) is 3.40. The van der Waals surface area contributed by atoms with Crippen LogP contribution in [0.2, 0.25) is 0 Å². The number of hydrogen-bond donors (Lipinski definition) is 1. The highest BCUT2D eigenvalue weighted by molar-refractivity contribution is 5.73. The number of primary amides is 1. The summed E-state index contributed by atoms with van der Waals surface area (Å²) in [7, 11) is 0. The fraction of sp³-hybridized carbons (Fsp3) is 0.958. The number of halogens is 1. The SMILES string of the molecule is C1CCOC1.CCCC(N)=O.CCCC[N+](CCCC)(CCCC)CCCC.[F-]. The summed E-state index contributed by atoms with van der Waals surface area (Å²) in [5.74, 6) is -0.211. The van der Waals surface area contributed by atoms with E-state index in [2.05, 4.69) is 27.7 Å². The molecule has 0 aromatic heterocycles. The first-order valence-electron chi connectivity index (χ1n) is 12.2. The van der Waals surface area contributed by atoms with Crippen LogP contribution in [0.4, 0.5) is 0 Å². The molecule has 1 amide bonds. The molecular weight excluding hydrogens is 367 g/mol. The van der Waals surface area contributed by atoms with Crippen LogP contribution in [0.25, 0.3) is 0 Å². The Hall–Kier alpha value is -0.680. The van der Waals surface area contributed by atoms with Gasteiger partial charge in [0.15, 0.2) is 0 Å². The Morgan fingerprint density at radius 1 is 0.724 bits per heavy atom. The molecule has 0 atom stereocenters. The molecule has 1 aliphatic rings. The molecule has 0 radical (unpaired) electrons. The van der Waals surface area contributed by atoms with Gasteiger partial charge in [0.05, 0.1) is 26.2 Å². The molecule has 1 aliphatic heterocycles. The van der Waals surface area contributed by atoms with Crippen LogP contribution in [-0.4, -0.2) is 49.8 Å². The minimum absolute atomic E-state index is 0. The largest absolute Gasteiger partial charge is 1.00 e. The van der Waals surface area contributed by atoms with Crippen LogP contribution in [0.3, 0.4) is 0 Å². The number of hydrogen-bond acceptors (Lipinski definition) is 2. The maximum atomic E-state index is 9.82. The highest BCUT2D eigenvalue weighted by atomic mass is 19.0. The van der Waals surface area contributed by atoms with Crippen LogP contribution in [0.15, 0.2) is 0 Å². The lowest BCUT2D eigenvalue weighted by Gasteiger charge is -2.39.